The Hall–Kier alpha value is -5.54. The van der Waals surface area contributed by atoms with Crippen LogP contribution in [0.15, 0.2) is 158 Å². The van der Waals surface area contributed by atoms with Gasteiger partial charge in [0.2, 0.25) is 0 Å². The summed E-state index contributed by atoms with van der Waals surface area (Å²) in [5.41, 5.74) is 7.11. The molecule has 43 heavy (non-hydrogen) atoms. The fourth-order valence-electron chi connectivity index (χ4n) is 7.06. The summed E-state index contributed by atoms with van der Waals surface area (Å²) in [6, 6.07) is 56.5. The lowest BCUT2D eigenvalue weighted by molar-refractivity contribution is 0.493. The number of para-hydroxylation sites is 3. The molecule has 1 heterocycles. The van der Waals surface area contributed by atoms with E-state index in [4.69, 9.17) is 4.74 Å². The molecule has 0 saturated carbocycles. The van der Waals surface area contributed by atoms with Crippen LogP contribution >= 0.6 is 0 Å². The SMILES string of the molecule is c1ccc(B2c3ccccc3Oc3c2cc2ccc4c(N(c5ccccc5)c5ccccc5)ccc5ccc3c2c54)cc1. The third-order valence-electron chi connectivity index (χ3n) is 8.90. The Kier molecular flexibility index (Phi) is 5.33. The number of nitrogens with zero attached hydrogens (tertiary/aromatic N) is 1. The lowest BCUT2D eigenvalue weighted by Crippen LogP contribution is -2.54. The molecule has 0 aliphatic carbocycles. The Balaban J connectivity index is 1.34. The first-order chi connectivity index (χ1) is 21.3. The molecule has 1 aliphatic rings. The molecule has 8 aromatic carbocycles. The van der Waals surface area contributed by atoms with Crippen LogP contribution in [0.3, 0.4) is 0 Å². The van der Waals surface area contributed by atoms with E-state index in [1.807, 2.05) is 0 Å². The van der Waals surface area contributed by atoms with E-state index in [0.29, 0.717) is 0 Å². The number of benzene rings is 8. The molecule has 0 unspecified atom stereocenters. The van der Waals surface area contributed by atoms with Crippen molar-refractivity contribution in [3.05, 3.63) is 158 Å². The van der Waals surface area contributed by atoms with Gasteiger partial charge in [-0.3, -0.25) is 0 Å². The van der Waals surface area contributed by atoms with Crippen molar-refractivity contribution < 1.29 is 4.74 Å². The maximum absolute atomic E-state index is 6.79. The summed E-state index contributed by atoms with van der Waals surface area (Å²) in [5.74, 6) is 1.89. The summed E-state index contributed by atoms with van der Waals surface area (Å²) in [6.45, 7) is 0.102. The minimum absolute atomic E-state index is 0.102. The molecule has 1 aliphatic heterocycles. The standard InChI is InChI=1S/C40H26BNO/c1-4-12-29(13-5-1)41-34-18-10-11-19-37(34)43-40-33-24-20-27-22-25-36(32-23-21-28(26-35(40)41)39(33)38(27)32)42(30-14-6-2-7-15-30)31-16-8-3-9-17-31/h1-26H. The Morgan fingerprint density at radius 3 is 1.79 bits per heavy atom. The van der Waals surface area contributed by atoms with Crippen LogP contribution in [0.25, 0.3) is 32.3 Å². The Morgan fingerprint density at radius 2 is 1.05 bits per heavy atom. The molecule has 2 nitrogen and oxygen atoms in total. The van der Waals surface area contributed by atoms with Gasteiger partial charge < -0.3 is 9.64 Å². The minimum atomic E-state index is 0.102. The highest BCUT2D eigenvalue weighted by Crippen LogP contribution is 2.45. The van der Waals surface area contributed by atoms with E-state index < -0.39 is 0 Å². The van der Waals surface area contributed by atoms with Gasteiger partial charge in [-0.2, -0.15) is 0 Å². The summed E-state index contributed by atoms with van der Waals surface area (Å²) in [5, 5.41) is 7.37. The Morgan fingerprint density at radius 1 is 0.465 bits per heavy atom. The average molecular weight is 547 g/mol. The molecule has 3 heteroatoms. The van der Waals surface area contributed by atoms with E-state index >= 15 is 0 Å². The Labute approximate surface area is 250 Å². The molecule has 0 bridgehead atoms. The summed E-state index contributed by atoms with van der Waals surface area (Å²) >= 11 is 0. The van der Waals surface area contributed by atoms with Crippen LogP contribution < -0.4 is 26.0 Å². The van der Waals surface area contributed by atoms with Crippen LogP contribution in [0.4, 0.5) is 17.1 Å². The van der Waals surface area contributed by atoms with Crippen molar-refractivity contribution in [2.75, 3.05) is 4.90 Å². The van der Waals surface area contributed by atoms with Crippen molar-refractivity contribution >= 4 is 72.5 Å². The molecular weight excluding hydrogens is 521 g/mol. The fraction of sp³-hybridized carbons (Fsp3) is 0. The second kappa shape index (κ2) is 9.50. The van der Waals surface area contributed by atoms with Gasteiger partial charge in [-0.15, -0.1) is 0 Å². The quantitative estimate of drug-likeness (QED) is 0.162. The minimum Gasteiger partial charge on any atom is -0.458 e. The molecule has 0 atom stereocenters. The van der Waals surface area contributed by atoms with E-state index in [-0.39, 0.29) is 6.71 Å². The lowest BCUT2D eigenvalue weighted by atomic mass is 9.35. The topological polar surface area (TPSA) is 12.5 Å². The smallest absolute Gasteiger partial charge is 0.251 e. The second-order valence-corrected chi connectivity index (χ2v) is 11.3. The molecular formula is C40H26BNO. The molecule has 0 spiro atoms. The summed E-state index contributed by atoms with van der Waals surface area (Å²) < 4.78 is 6.79. The molecule has 8 aromatic rings. The first-order valence-corrected chi connectivity index (χ1v) is 14.8. The van der Waals surface area contributed by atoms with Crippen molar-refractivity contribution in [2.24, 2.45) is 0 Å². The first kappa shape index (κ1) is 24.1. The fourth-order valence-corrected chi connectivity index (χ4v) is 7.06. The van der Waals surface area contributed by atoms with Crippen LogP contribution in [0.1, 0.15) is 0 Å². The zero-order valence-electron chi connectivity index (χ0n) is 23.4. The predicted molar refractivity (Wildman–Crippen MR) is 182 cm³/mol. The van der Waals surface area contributed by atoms with Crippen LogP contribution in [0, 0.1) is 0 Å². The molecule has 0 fully saturated rings. The van der Waals surface area contributed by atoms with Gasteiger partial charge in [0, 0.05) is 27.5 Å². The van der Waals surface area contributed by atoms with Gasteiger partial charge in [-0.05, 0) is 69.5 Å². The highest BCUT2D eigenvalue weighted by Gasteiger charge is 2.34. The molecule has 0 radical (unpaired) electrons. The lowest BCUT2D eigenvalue weighted by Gasteiger charge is -2.30. The highest BCUT2D eigenvalue weighted by molar-refractivity contribution is 6.97. The number of hydrogen-bond acceptors (Lipinski definition) is 2. The number of rotatable bonds is 4. The molecule has 0 saturated heterocycles. The van der Waals surface area contributed by atoms with Crippen LogP contribution in [0.5, 0.6) is 11.5 Å². The van der Waals surface area contributed by atoms with Crippen molar-refractivity contribution in [3.63, 3.8) is 0 Å². The van der Waals surface area contributed by atoms with Crippen molar-refractivity contribution in [2.45, 2.75) is 0 Å². The summed E-state index contributed by atoms with van der Waals surface area (Å²) in [6.07, 6.45) is 0. The third-order valence-corrected chi connectivity index (χ3v) is 8.90. The number of anilines is 3. The van der Waals surface area contributed by atoms with Gasteiger partial charge >= 0.3 is 0 Å². The number of ether oxygens (including phenoxy) is 1. The van der Waals surface area contributed by atoms with Gasteiger partial charge in [-0.1, -0.05) is 121 Å². The zero-order valence-corrected chi connectivity index (χ0v) is 23.4. The maximum atomic E-state index is 6.79. The van der Waals surface area contributed by atoms with Crippen molar-refractivity contribution in [3.8, 4) is 11.5 Å². The average Bonchev–Trinajstić information content (AvgIpc) is 3.08. The van der Waals surface area contributed by atoms with Crippen molar-refractivity contribution in [1.29, 1.82) is 0 Å². The van der Waals surface area contributed by atoms with E-state index in [9.17, 15) is 0 Å². The normalized spacial score (nSPS) is 12.3. The summed E-state index contributed by atoms with van der Waals surface area (Å²) in [4.78, 5) is 2.36. The van der Waals surface area contributed by atoms with E-state index in [0.717, 1.165) is 33.9 Å². The number of fused-ring (bicyclic) bond motifs is 3. The predicted octanol–water partition coefficient (Wildman–Crippen LogP) is 8.68. The van der Waals surface area contributed by atoms with E-state index in [2.05, 4.69) is 163 Å². The van der Waals surface area contributed by atoms with Gasteiger partial charge in [-0.25, -0.2) is 0 Å². The van der Waals surface area contributed by atoms with Crippen molar-refractivity contribution in [1.82, 2.24) is 0 Å². The highest BCUT2D eigenvalue weighted by atomic mass is 16.5. The Bertz CT molecular complexity index is 2230. The van der Waals surface area contributed by atoms with E-state index in [1.54, 1.807) is 0 Å². The van der Waals surface area contributed by atoms with Gasteiger partial charge in [0.1, 0.15) is 11.5 Å². The first-order valence-electron chi connectivity index (χ1n) is 14.8. The molecule has 0 aromatic heterocycles. The molecule has 200 valence electrons. The second-order valence-electron chi connectivity index (χ2n) is 11.3. The van der Waals surface area contributed by atoms with Crippen LogP contribution in [-0.4, -0.2) is 6.71 Å². The number of hydrogen-bond donors (Lipinski definition) is 0. The van der Waals surface area contributed by atoms with Gasteiger partial charge in [0.25, 0.3) is 6.71 Å². The monoisotopic (exact) mass is 547 g/mol. The summed E-state index contributed by atoms with van der Waals surface area (Å²) in [7, 11) is 0. The van der Waals surface area contributed by atoms with Crippen LogP contribution in [0.2, 0.25) is 0 Å². The maximum Gasteiger partial charge on any atom is 0.251 e. The van der Waals surface area contributed by atoms with E-state index in [1.165, 1.54) is 43.3 Å². The van der Waals surface area contributed by atoms with Gasteiger partial charge in [0.15, 0.2) is 0 Å². The van der Waals surface area contributed by atoms with Gasteiger partial charge in [0.05, 0.1) is 5.69 Å². The van der Waals surface area contributed by atoms with Crippen LogP contribution in [-0.2, 0) is 0 Å². The molecule has 0 amide bonds. The third kappa shape index (κ3) is 3.68. The zero-order chi connectivity index (χ0) is 28.3. The largest absolute Gasteiger partial charge is 0.458 e. The molecule has 9 rings (SSSR count). The molecule has 0 N–H and O–H groups in total.